The van der Waals surface area contributed by atoms with Gasteiger partial charge in [-0.3, -0.25) is 0 Å². The van der Waals surface area contributed by atoms with Crippen LogP contribution in [-0.4, -0.2) is 39.2 Å². The van der Waals surface area contributed by atoms with Gasteiger partial charge in [0.05, 0.1) is 11.5 Å². The standard InChI is InChI=1S/C7H12FNO2S.ClH/c8-7-5-1-9-2-6(7)4-12(10,11)3-5;/h5-7,9H,1-4H2;1H. The van der Waals surface area contributed by atoms with Crippen LogP contribution >= 0.6 is 12.4 Å². The van der Waals surface area contributed by atoms with E-state index < -0.39 is 16.0 Å². The second-order valence-electron chi connectivity index (χ2n) is 3.70. The van der Waals surface area contributed by atoms with E-state index >= 15 is 0 Å². The van der Waals surface area contributed by atoms with Gasteiger partial charge in [0.1, 0.15) is 6.17 Å². The second kappa shape index (κ2) is 3.71. The molecule has 0 amide bonds. The van der Waals surface area contributed by atoms with Gasteiger partial charge in [-0.25, -0.2) is 12.8 Å². The normalized spacial score (nSPS) is 42.1. The van der Waals surface area contributed by atoms with Crippen molar-refractivity contribution in [3.8, 4) is 0 Å². The van der Waals surface area contributed by atoms with Crippen LogP contribution in [-0.2, 0) is 9.84 Å². The predicted octanol–water partition coefficient (Wildman–Crippen LogP) is 0.0103. The molecule has 13 heavy (non-hydrogen) atoms. The van der Waals surface area contributed by atoms with Crippen molar-refractivity contribution in [2.75, 3.05) is 24.6 Å². The minimum Gasteiger partial charge on any atom is -0.316 e. The molecule has 6 heteroatoms. The molecule has 0 aromatic rings. The quantitative estimate of drug-likeness (QED) is 0.637. The van der Waals surface area contributed by atoms with E-state index in [9.17, 15) is 12.8 Å². The number of hydrogen-bond donors (Lipinski definition) is 1. The van der Waals surface area contributed by atoms with Gasteiger partial charge in [0.25, 0.3) is 0 Å². The fourth-order valence-corrected chi connectivity index (χ4v) is 4.13. The summed E-state index contributed by atoms with van der Waals surface area (Å²) in [6.07, 6.45) is -0.908. The van der Waals surface area contributed by atoms with Crippen molar-refractivity contribution in [3.05, 3.63) is 0 Å². The lowest BCUT2D eigenvalue weighted by molar-refractivity contribution is 0.127. The van der Waals surface area contributed by atoms with Crippen LogP contribution in [0.25, 0.3) is 0 Å². The number of fused-ring (bicyclic) bond motifs is 2. The number of alkyl halides is 1. The van der Waals surface area contributed by atoms with Crippen molar-refractivity contribution in [3.63, 3.8) is 0 Å². The molecule has 1 N–H and O–H groups in total. The third kappa shape index (κ3) is 2.14. The monoisotopic (exact) mass is 229 g/mol. The Balaban J connectivity index is 0.000000845. The van der Waals surface area contributed by atoms with E-state index in [0.717, 1.165) is 0 Å². The third-order valence-electron chi connectivity index (χ3n) is 2.65. The Morgan fingerprint density at radius 2 is 1.62 bits per heavy atom. The third-order valence-corrected chi connectivity index (χ3v) is 4.52. The molecule has 2 aliphatic rings. The summed E-state index contributed by atoms with van der Waals surface area (Å²) in [6, 6.07) is 0. The summed E-state index contributed by atoms with van der Waals surface area (Å²) >= 11 is 0. The Hall–Kier alpha value is 0.130. The van der Waals surface area contributed by atoms with E-state index in [0.29, 0.717) is 13.1 Å². The molecule has 2 bridgehead atoms. The van der Waals surface area contributed by atoms with Crippen molar-refractivity contribution in [1.29, 1.82) is 0 Å². The van der Waals surface area contributed by atoms with Crippen molar-refractivity contribution in [2.45, 2.75) is 6.17 Å². The molecular weight excluding hydrogens is 217 g/mol. The van der Waals surface area contributed by atoms with Crippen LogP contribution in [0.15, 0.2) is 0 Å². The first-order chi connectivity index (χ1) is 5.58. The summed E-state index contributed by atoms with van der Waals surface area (Å²) in [6.45, 7) is 1.02. The Kier molecular flexibility index (Phi) is 3.20. The van der Waals surface area contributed by atoms with Gasteiger partial charge < -0.3 is 5.32 Å². The number of nitrogens with one attached hydrogen (secondary N) is 1. The van der Waals surface area contributed by atoms with Crippen molar-refractivity contribution in [1.82, 2.24) is 5.32 Å². The summed E-state index contributed by atoms with van der Waals surface area (Å²) in [5, 5.41) is 3.05. The first kappa shape index (κ1) is 11.2. The van der Waals surface area contributed by atoms with Gasteiger partial charge in [0.15, 0.2) is 9.84 Å². The number of rotatable bonds is 0. The van der Waals surface area contributed by atoms with Crippen LogP contribution in [0.5, 0.6) is 0 Å². The van der Waals surface area contributed by atoms with E-state index in [1.807, 2.05) is 0 Å². The SMILES string of the molecule is Cl.O=S1(=O)CC2CNCC(C1)C2F. The second-order valence-corrected chi connectivity index (χ2v) is 5.85. The lowest BCUT2D eigenvalue weighted by Crippen LogP contribution is -2.54. The molecule has 3 nitrogen and oxygen atoms in total. The maximum atomic E-state index is 13.3. The molecule has 2 fully saturated rings. The summed E-state index contributed by atoms with van der Waals surface area (Å²) in [4.78, 5) is 0. The molecule has 0 spiro atoms. The molecule has 0 aromatic heterocycles. The molecule has 0 radical (unpaired) electrons. The van der Waals surface area contributed by atoms with E-state index in [-0.39, 0.29) is 35.7 Å². The molecule has 2 saturated heterocycles. The molecular formula is C7H13ClFNO2S. The highest BCUT2D eigenvalue weighted by atomic mass is 35.5. The number of piperidine rings is 1. The van der Waals surface area contributed by atoms with Crippen LogP contribution in [0.3, 0.4) is 0 Å². The zero-order chi connectivity index (χ0) is 8.77. The smallest absolute Gasteiger partial charge is 0.151 e. The van der Waals surface area contributed by atoms with Gasteiger partial charge in [0, 0.05) is 24.9 Å². The van der Waals surface area contributed by atoms with Crippen molar-refractivity contribution >= 4 is 22.2 Å². The van der Waals surface area contributed by atoms with E-state index in [1.165, 1.54) is 0 Å². The molecule has 2 heterocycles. The summed E-state index contributed by atoms with van der Waals surface area (Å²) < 4.78 is 35.8. The van der Waals surface area contributed by atoms with E-state index in [2.05, 4.69) is 5.32 Å². The van der Waals surface area contributed by atoms with Crippen LogP contribution in [0, 0.1) is 11.8 Å². The highest BCUT2D eigenvalue weighted by molar-refractivity contribution is 7.91. The number of sulfone groups is 1. The van der Waals surface area contributed by atoms with Gasteiger partial charge in [-0.2, -0.15) is 0 Å². The van der Waals surface area contributed by atoms with Crippen LogP contribution in [0.2, 0.25) is 0 Å². The van der Waals surface area contributed by atoms with Gasteiger partial charge in [-0.15, -0.1) is 12.4 Å². The van der Waals surface area contributed by atoms with Crippen LogP contribution in [0.4, 0.5) is 4.39 Å². The predicted molar refractivity (Wildman–Crippen MR) is 50.6 cm³/mol. The zero-order valence-electron chi connectivity index (χ0n) is 7.07. The lowest BCUT2D eigenvalue weighted by atomic mass is 9.90. The Morgan fingerprint density at radius 1 is 1.15 bits per heavy atom. The first-order valence-electron chi connectivity index (χ1n) is 4.14. The Bertz CT molecular complexity index is 262. The minimum absolute atomic E-state index is 0. The summed E-state index contributed by atoms with van der Waals surface area (Å²) in [5.74, 6) is -0.556. The maximum absolute atomic E-state index is 13.3. The molecule has 2 rings (SSSR count). The van der Waals surface area contributed by atoms with E-state index in [4.69, 9.17) is 0 Å². The van der Waals surface area contributed by atoms with Gasteiger partial charge >= 0.3 is 0 Å². The largest absolute Gasteiger partial charge is 0.316 e. The van der Waals surface area contributed by atoms with Crippen LogP contribution in [0.1, 0.15) is 0 Å². The average molecular weight is 230 g/mol. The molecule has 0 saturated carbocycles. The first-order valence-corrected chi connectivity index (χ1v) is 5.96. The zero-order valence-corrected chi connectivity index (χ0v) is 8.70. The van der Waals surface area contributed by atoms with Gasteiger partial charge in [-0.05, 0) is 0 Å². The highest BCUT2D eigenvalue weighted by Crippen LogP contribution is 2.29. The van der Waals surface area contributed by atoms with Crippen molar-refractivity contribution in [2.24, 2.45) is 11.8 Å². The Morgan fingerprint density at radius 3 is 2.08 bits per heavy atom. The lowest BCUT2D eigenvalue weighted by Gasteiger charge is -2.37. The topological polar surface area (TPSA) is 46.2 Å². The average Bonchev–Trinajstić information content (AvgIpc) is 1.92. The number of halogens is 2. The Labute approximate surface area is 83.4 Å². The molecule has 78 valence electrons. The fourth-order valence-electron chi connectivity index (χ4n) is 2.09. The van der Waals surface area contributed by atoms with Gasteiger partial charge in [-0.1, -0.05) is 0 Å². The molecule has 0 aromatic carbocycles. The fraction of sp³-hybridized carbons (Fsp3) is 1.00. The van der Waals surface area contributed by atoms with E-state index in [1.54, 1.807) is 0 Å². The van der Waals surface area contributed by atoms with Crippen molar-refractivity contribution < 1.29 is 12.8 Å². The molecule has 2 unspecified atom stereocenters. The van der Waals surface area contributed by atoms with Crippen LogP contribution < -0.4 is 5.32 Å². The maximum Gasteiger partial charge on any atom is 0.151 e. The number of hydrogen-bond acceptors (Lipinski definition) is 3. The van der Waals surface area contributed by atoms with Gasteiger partial charge in [0.2, 0.25) is 0 Å². The summed E-state index contributed by atoms with van der Waals surface area (Å²) in [5.41, 5.74) is 0. The molecule has 0 aliphatic carbocycles. The minimum atomic E-state index is -2.95. The highest BCUT2D eigenvalue weighted by Gasteiger charge is 2.42. The molecule has 2 aliphatic heterocycles. The summed E-state index contributed by atoms with van der Waals surface area (Å²) in [7, 11) is -2.95. The molecule has 2 atom stereocenters.